The van der Waals surface area contributed by atoms with E-state index in [1.165, 1.54) is 6.07 Å². The van der Waals surface area contributed by atoms with Crippen LogP contribution in [0.25, 0.3) is 5.69 Å². The van der Waals surface area contributed by atoms with Crippen LogP contribution in [0.2, 0.25) is 0 Å². The Morgan fingerprint density at radius 3 is 2.63 bits per heavy atom. The van der Waals surface area contributed by atoms with Crippen LogP contribution in [-0.4, -0.2) is 34.8 Å². The Kier molecular flexibility index (Phi) is 6.84. The Balaban J connectivity index is 0.00000256. The Labute approximate surface area is 179 Å². The van der Waals surface area contributed by atoms with Gasteiger partial charge < -0.3 is 10.6 Å². The normalized spacial score (nSPS) is 18.5. The fourth-order valence-corrected chi connectivity index (χ4v) is 3.81. The van der Waals surface area contributed by atoms with Gasteiger partial charge in [-0.3, -0.25) is 4.79 Å². The summed E-state index contributed by atoms with van der Waals surface area (Å²) in [7, 11) is 0. The number of hydrogen-bond donors (Lipinski definition) is 2. The Morgan fingerprint density at radius 1 is 1.13 bits per heavy atom. The molecule has 2 heterocycles. The first-order valence-electron chi connectivity index (χ1n) is 9.61. The topological polar surface area (TPSA) is 59.0 Å². The third-order valence-corrected chi connectivity index (χ3v) is 5.29. The number of halogens is 3. The summed E-state index contributed by atoms with van der Waals surface area (Å²) in [5, 5.41) is 10.7. The number of amides is 1. The maximum atomic E-state index is 13.7. The maximum absolute atomic E-state index is 13.7. The summed E-state index contributed by atoms with van der Waals surface area (Å²) < 4.78 is 28.7. The number of rotatable bonds is 4. The minimum absolute atomic E-state index is 0. The average Bonchev–Trinajstić information content (AvgIpc) is 3.13. The molecule has 1 aromatic heterocycles. The second kappa shape index (κ2) is 9.36. The van der Waals surface area contributed by atoms with Crippen molar-refractivity contribution in [1.82, 2.24) is 20.4 Å². The number of benzene rings is 2. The third kappa shape index (κ3) is 4.52. The van der Waals surface area contributed by atoms with Crippen LogP contribution in [0.1, 0.15) is 34.1 Å². The molecule has 2 aromatic carbocycles. The summed E-state index contributed by atoms with van der Waals surface area (Å²) in [6.45, 7) is 3.19. The Morgan fingerprint density at radius 2 is 1.90 bits per heavy atom. The van der Waals surface area contributed by atoms with Gasteiger partial charge in [0.2, 0.25) is 0 Å². The first-order chi connectivity index (χ1) is 14.0. The van der Waals surface area contributed by atoms with Crippen LogP contribution < -0.4 is 10.6 Å². The highest BCUT2D eigenvalue weighted by Crippen LogP contribution is 2.27. The van der Waals surface area contributed by atoms with E-state index in [9.17, 15) is 13.6 Å². The zero-order valence-corrected chi connectivity index (χ0v) is 17.3. The van der Waals surface area contributed by atoms with Crippen LogP contribution in [0.5, 0.6) is 0 Å². The maximum Gasteiger partial charge on any atom is 0.272 e. The molecule has 2 atom stereocenters. The summed E-state index contributed by atoms with van der Waals surface area (Å²) >= 11 is 0. The third-order valence-electron chi connectivity index (χ3n) is 5.29. The van der Waals surface area contributed by atoms with Gasteiger partial charge in [-0.15, -0.1) is 12.4 Å². The van der Waals surface area contributed by atoms with Gasteiger partial charge in [0.25, 0.3) is 5.91 Å². The van der Waals surface area contributed by atoms with E-state index in [1.807, 2.05) is 37.3 Å². The second-order valence-corrected chi connectivity index (χ2v) is 7.27. The van der Waals surface area contributed by atoms with E-state index in [2.05, 4.69) is 15.7 Å². The van der Waals surface area contributed by atoms with Crippen molar-refractivity contribution in [3.05, 3.63) is 83.2 Å². The predicted octanol–water partition coefficient (Wildman–Crippen LogP) is 3.76. The summed E-state index contributed by atoms with van der Waals surface area (Å²) in [5.41, 5.74) is 2.73. The highest BCUT2D eigenvalue weighted by molar-refractivity contribution is 5.92. The first-order valence-corrected chi connectivity index (χ1v) is 9.61. The molecule has 0 radical (unpaired) electrons. The van der Waals surface area contributed by atoms with Crippen LogP contribution in [-0.2, 0) is 0 Å². The van der Waals surface area contributed by atoms with Gasteiger partial charge in [0.15, 0.2) is 17.3 Å². The zero-order chi connectivity index (χ0) is 20.4. The van der Waals surface area contributed by atoms with Crippen molar-refractivity contribution in [3.8, 4) is 5.69 Å². The lowest BCUT2D eigenvalue weighted by atomic mass is 9.86. The summed E-state index contributed by atoms with van der Waals surface area (Å²) in [4.78, 5) is 12.9. The summed E-state index contributed by atoms with van der Waals surface area (Å²) in [6, 6.07) is 15.0. The van der Waals surface area contributed by atoms with E-state index < -0.39 is 11.6 Å². The fraction of sp³-hybridized carbons (Fsp3) is 0.273. The second-order valence-electron chi connectivity index (χ2n) is 7.27. The van der Waals surface area contributed by atoms with Crippen molar-refractivity contribution in [1.29, 1.82) is 0 Å². The number of nitrogens with zero attached hydrogens (tertiary/aromatic N) is 2. The van der Waals surface area contributed by atoms with E-state index in [-0.39, 0.29) is 30.3 Å². The van der Waals surface area contributed by atoms with Crippen LogP contribution in [0.4, 0.5) is 8.78 Å². The van der Waals surface area contributed by atoms with Gasteiger partial charge in [0, 0.05) is 24.2 Å². The van der Waals surface area contributed by atoms with Crippen LogP contribution in [0.15, 0.2) is 54.6 Å². The van der Waals surface area contributed by atoms with Crippen molar-refractivity contribution in [2.75, 3.05) is 13.1 Å². The van der Waals surface area contributed by atoms with Gasteiger partial charge in [-0.25, -0.2) is 13.5 Å². The lowest BCUT2D eigenvalue weighted by Gasteiger charge is -2.33. The molecule has 158 valence electrons. The number of aryl methyl sites for hydroxylation is 1. The Hall–Kier alpha value is -2.77. The van der Waals surface area contributed by atoms with Crippen molar-refractivity contribution in [2.24, 2.45) is 0 Å². The minimum atomic E-state index is -0.872. The average molecular weight is 433 g/mol. The van der Waals surface area contributed by atoms with E-state index in [1.54, 1.807) is 16.8 Å². The largest absolute Gasteiger partial charge is 0.346 e. The van der Waals surface area contributed by atoms with Crippen LogP contribution in [0.3, 0.4) is 0 Å². The molecule has 0 saturated carbocycles. The SMILES string of the molecule is Cc1cc(C(=O)NC2CNCCC2c2ccc(F)c(F)c2)nn1-c1ccccc1.Cl. The van der Waals surface area contributed by atoms with Gasteiger partial charge in [0.1, 0.15) is 0 Å². The molecule has 8 heteroatoms. The molecule has 30 heavy (non-hydrogen) atoms. The van der Waals surface area contributed by atoms with Crippen LogP contribution >= 0.6 is 12.4 Å². The molecule has 2 unspecified atom stereocenters. The van der Waals surface area contributed by atoms with Gasteiger partial charge in [-0.05, 0) is 55.8 Å². The number of nitrogens with one attached hydrogen (secondary N) is 2. The predicted molar refractivity (Wildman–Crippen MR) is 113 cm³/mol. The quantitative estimate of drug-likeness (QED) is 0.660. The summed E-state index contributed by atoms with van der Waals surface area (Å²) in [6.07, 6.45) is 0.716. The zero-order valence-electron chi connectivity index (χ0n) is 16.4. The van der Waals surface area contributed by atoms with Crippen molar-refractivity contribution in [2.45, 2.75) is 25.3 Å². The number of carbonyl (C=O) groups is 1. The molecule has 1 amide bonds. The van der Waals surface area contributed by atoms with E-state index in [0.717, 1.165) is 24.0 Å². The van der Waals surface area contributed by atoms with E-state index in [0.29, 0.717) is 24.2 Å². The molecule has 0 bridgehead atoms. The highest BCUT2D eigenvalue weighted by Gasteiger charge is 2.29. The fourth-order valence-electron chi connectivity index (χ4n) is 3.81. The molecular weight excluding hydrogens is 410 g/mol. The number of aromatic nitrogens is 2. The lowest BCUT2D eigenvalue weighted by Crippen LogP contribution is -2.50. The molecule has 5 nitrogen and oxygen atoms in total. The van der Waals surface area contributed by atoms with Crippen molar-refractivity contribution < 1.29 is 13.6 Å². The molecule has 1 aliphatic heterocycles. The van der Waals surface area contributed by atoms with Crippen molar-refractivity contribution >= 4 is 18.3 Å². The highest BCUT2D eigenvalue weighted by atomic mass is 35.5. The molecule has 3 aromatic rings. The molecule has 0 aliphatic carbocycles. The molecule has 2 N–H and O–H groups in total. The summed E-state index contributed by atoms with van der Waals surface area (Å²) in [5.74, 6) is -2.13. The number of carbonyl (C=O) groups excluding carboxylic acids is 1. The van der Waals surface area contributed by atoms with Gasteiger partial charge >= 0.3 is 0 Å². The van der Waals surface area contributed by atoms with Gasteiger partial charge in [-0.2, -0.15) is 5.10 Å². The number of piperidine rings is 1. The lowest BCUT2D eigenvalue weighted by molar-refractivity contribution is 0.0919. The standard InChI is InChI=1S/C22H22F2N4O.ClH/c1-14-11-20(27-28(14)16-5-3-2-4-6-16)22(29)26-21-13-25-10-9-17(21)15-7-8-18(23)19(24)12-15;/h2-8,11-12,17,21,25H,9-10,13H2,1H3,(H,26,29);1H. The Bertz CT molecular complexity index is 1030. The smallest absolute Gasteiger partial charge is 0.272 e. The molecule has 1 fully saturated rings. The van der Waals surface area contributed by atoms with Gasteiger partial charge in [-0.1, -0.05) is 24.3 Å². The van der Waals surface area contributed by atoms with E-state index in [4.69, 9.17) is 0 Å². The minimum Gasteiger partial charge on any atom is -0.346 e. The number of para-hydroxylation sites is 1. The van der Waals surface area contributed by atoms with E-state index >= 15 is 0 Å². The van der Waals surface area contributed by atoms with Crippen LogP contribution in [0, 0.1) is 18.6 Å². The van der Waals surface area contributed by atoms with Crippen molar-refractivity contribution in [3.63, 3.8) is 0 Å². The molecular formula is C22H23ClF2N4O. The van der Waals surface area contributed by atoms with Gasteiger partial charge in [0.05, 0.1) is 5.69 Å². The monoisotopic (exact) mass is 432 g/mol. The molecule has 0 spiro atoms. The number of hydrogen-bond acceptors (Lipinski definition) is 3. The molecule has 4 rings (SSSR count). The molecule has 1 saturated heterocycles. The molecule has 1 aliphatic rings. The first kappa shape index (κ1) is 21.9.